The Morgan fingerprint density at radius 3 is 2.85 bits per heavy atom. The van der Waals surface area contributed by atoms with Crippen LogP contribution in [0.2, 0.25) is 0 Å². The fourth-order valence-electron chi connectivity index (χ4n) is 4.16. The highest BCUT2D eigenvalue weighted by atomic mass is 16.3. The molecule has 0 amide bonds. The van der Waals surface area contributed by atoms with Crippen molar-refractivity contribution in [3.05, 3.63) is 0 Å². The van der Waals surface area contributed by atoms with E-state index in [2.05, 4.69) is 0 Å². The molecule has 3 fully saturated rings. The Morgan fingerprint density at radius 1 is 1.15 bits per heavy atom. The molecule has 3 rings (SSSR count). The van der Waals surface area contributed by atoms with Crippen molar-refractivity contribution in [2.45, 2.75) is 50.2 Å². The van der Waals surface area contributed by atoms with E-state index in [1.54, 1.807) is 0 Å². The van der Waals surface area contributed by atoms with Crippen LogP contribution in [0, 0.1) is 17.8 Å². The summed E-state index contributed by atoms with van der Waals surface area (Å²) in [6.45, 7) is 0. The van der Waals surface area contributed by atoms with E-state index >= 15 is 0 Å². The predicted octanol–water partition coefficient (Wildman–Crippen LogP) is 1.27. The van der Waals surface area contributed by atoms with Crippen molar-refractivity contribution in [3.8, 4) is 0 Å². The Morgan fingerprint density at radius 2 is 2.00 bits per heavy atom. The van der Waals surface area contributed by atoms with E-state index in [4.69, 9.17) is 5.73 Å². The Bertz CT molecular complexity index is 230. The molecule has 3 aliphatic carbocycles. The first-order valence-electron chi connectivity index (χ1n) is 5.64. The monoisotopic (exact) mass is 181 g/mol. The summed E-state index contributed by atoms with van der Waals surface area (Å²) in [5, 5.41) is 10.3. The van der Waals surface area contributed by atoms with E-state index in [9.17, 15) is 5.11 Å². The van der Waals surface area contributed by atoms with Crippen molar-refractivity contribution in [2.24, 2.45) is 23.5 Å². The molecule has 3 N–H and O–H groups in total. The number of rotatable bonds is 0. The van der Waals surface area contributed by atoms with Gasteiger partial charge < -0.3 is 10.8 Å². The summed E-state index contributed by atoms with van der Waals surface area (Å²) in [5.74, 6) is 2.17. The molecule has 5 unspecified atom stereocenters. The summed E-state index contributed by atoms with van der Waals surface area (Å²) in [6.07, 6.45) is 6.91. The van der Waals surface area contributed by atoms with Crippen molar-refractivity contribution < 1.29 is 5.11 Å². The zero-order valence-corrected chi connectivity index (χ0v) is 8.08. The lowest BCUT2D eigenvalue weighted by Gasteiger charge is -2.33. The highest BCUT2D eigenvalue weighted by Gasteiger charge is 2.52. The second-order valence-corrected chi connectivity index (χ2v) is 5.60. The predicted molar refractivity (Wildman–Crippen MR) is 51.1 cm³/mol. The van der Waals surface area contributed by atoms with Gasteiger partial charge >= 0.3 is 0 Å². The van der Waals surface area contributed by atoms with E-state index < -0.39 is 0 Å². The smallest absolute Gasteiger partial charge is 0.0656 e. The maximum absolute atomic E-state index is 10.3. The van der Waals surface area contributed by atoms with Crippen LogP contribution in [0.15, 0.2) is 0 Å². The second-order valence-electron chi connectivity index (χ2n) is 5.60. The zero-order chi connectivity index (χ0) is 9.05. The van der Waals surface area contributed by atoms with Crippen molar-refractivity contribution in [3.63, 3.8) is 0 Å². The number of nitrogens with two attached hydrogens (primary N) is 1. The maximum Gasteiger partial charge on any atom is 0.0656 e. The standard InChI is InChI=1S/C11H19NO/c12-10-2-1-7-3-8-5-11(13,4-7)6-9(8)10/h7-10,13H,1-6,12H2. The lowest BCUT2D eigenvalue weighted by atomic mass is 9.77. The van der Waals surface area contributed by atoms with Crippen LogP contribution in [-0.4, -0.2) is 16.7 Å². The molecule has 0 aromatic heterocycles. The molecule has 3 saturated carbocycles. The van der Waals surface area contributed by atoms with Crippen molar-refractivity contribution in [1.29, 1.82) is 0 Å². The minimum Gasteiger partial charge on any atom is -0.390 e. The van der Waals surface area contributed by atoms with Gasteiger partial charge in [-0.05, 0) is 56.3 Å². The van der Waals surface area contributed by atoms with E-state index in [0.29, 0.717) is 12.0 Å². The molecule has 0 aliphatic heterocycles. The fraction of sp³-hybridized carbons (Fsp3) is 1.00. The van der Waals surface area contributed by atoms with Crippen LogP contribution in [0.5, 0.6) is 0 Å². The van der Waals surface area contributed by atoms with Crippen LogP contribution in [-0.2, 0) is 0 Å². The highest BCUT2D eigenvalue weighted by Crippen LogP contribution is 2.54. The summed E-state index contributed by atoms with van der Waals surface area (Å²) in [4.78, 5) is 0. The topological polar surface area (TPSA) is 46.2 Å². The largest absolute Gasteiger partial charge is 0.390 e. The molecule has 74 valence electrons. The molecule has 0 spiro atoms. The third kappa shape index (κ3) is 1.15. The maximum atomic E-state index is 10.3. The highest BCUT2D eigenvalue weighted by molar-refractivity contribution is 5.05. The molecule has 0 saturated heterocycles. The summed E-state index contributed by atoms with van der Waals surface area (Å²) in [6, 6.07) is 0.379. The summed E-state index contributed by atoms with van der Waals surface area (Å²) < 4.78 is 0. The van der Waals surface area contributed by atoms with Crippen LogP contribution >= 0.6 is 0 Å². The van der Waals surface area contributed by atoms with Gasteiger partial charge in [-0.3, -0.25) is 0 Å². The first-order chi connectivity index (χ1) is 6.16. The molecule has 2 heteroatoms. The Kier molecular flexibility index (Phi) is 1.58. The molecular formula is C11H19NO. The van der Waals surface area contributed by atoms with Crippen LogP contribution in [0.4, 0.5) is 0 Å². The van der Waals surface area contributed by atoms with E-state index in [-0.39, 0.29) is 5.60 Å². The van der Waals surface area contributed by atoms with E-state index in [1.807, 2.05) is 0 Å². The van der Waals surface area contributed by atoms with Gasteiger partial charge in [0.2, 0.25) is 0 Å². The normalized spacial score (nSPS) is 59.5. The number of hydrogen-bond acceptors (Lipinski definition) is 2. The molecule has 13 heavy (non-hydrogen) atoms. The first kappa shape index (κ1) is 8.25. The molecule has 5 atom stereocenters. The fourth-order valence-corrected chi connectivity index (χ4v) is 4.16. The number of hydrogen-bond donors (Lipinski definition) is 2. The van der Waals surface area contributed by atoms with E-state index in [1.165, 1.54) is 19.3 Å². The second kappa shape index (κ2) is 2.48. The van der Waals surface area contributed by atoms with Gasteiger partial charge in [0, 0.05) is 6.04 Å². The minimum atomic E-state index is -0.309. The average molecular weight is 181 g/mol. The van der Waals surface area contributed by atoms with Gasteiger partial charge in [-0.25, -0.2) is 0 Å². The zero-order valence-electron chi connectivity index (χ0n) is 8.08. The molecule has 0 heterocycles. The number of aliphatic hydroxyl groups is 1. The van der Waals surface area contributed by atoms with Crippen LogP contribution < -0.4 is 5.73 Å². The van der Waals surface area contributed by atoms with Crippen LogP contribution in [0.3, 0.4) is 0 Å². The van der Waals surface area contributed by atoms with Gasteiger partial charge in [0.15, 0.2) is 0 Å². The molecule has 0 radical (unpaired) electrons. The van der Waals surface area contributed by atoms with Crippen LogP contribution in [0.25, 0.3) is 0 Å². The lowest BCUT2D eigenvalue weighted by Crippen LogP contribution is -2.35. The molecular weight excluding hydrogens is 162 g/mol. The average Bonchev–Trinajstić information content (AvgIpc) is 2.26. The van der Waals surface area contributed by atoms with Crippen molar-refractivity contribution >= 4 is 0 Å². The number of fused-ring (bicyclic) bond motifs is 2. The van der Waals surface area contributed by atoms with Gasteiger partial charge in [0.1, 0.15) is 0 Å². The third-order valence-corrected chi connectivity index (χ3v) is 4.63. The quantitative estimate of drug-likeness (QED) is 0.591. The summed E-state index contributed by atoms with van der Waals surface area (Å²) in [7, 11) is 0. The Labute approximate surface area is 79.5 Å². The lowest BCUT2D eigenvalue weighted by molar-refractivity contribution is -0.00548. The molecule has 3 bridgehead atoms. The van der Waals surface area contributed by atoms with Gasteiger partial charge in [-0.2, -0.15) is 0 Å². The van der Waals surface area contributed by atoms with Gasteiger partial charge in [-0.15, -0.1) is 0 Å². The molecule has 0 aromatic rings. The van der Waals surface area contributed by atoms with Gasteiger partial charge in [-0.1, -0.05) is 0 Å². The van der Waals surface area contributed by atoms with Gasteiger partial charge in [0.25, 0.3) is 0 Å². The van der Waals surface area contributed by atoms with Gasteiger partial charge in [0.05, 0.1) is 5.60 Å². The summed E-state index contributed by atoms with van der Waals surface area (Å²) in [5.41, 5.74) is 5.84. The van der Waals surface area contributed by atoms with Crippen molar-refractivity contribution in [2.75, 3.05) is 0 Å². The summed E-state index contributed by atoms with van der Waals surface area (Å²) >= 11 is 0. The Hall–Kier alpha value is -0.0800. The van der Waals surface area contributed by atoms with Crippen LogP contribution in [0.1, 0.15) is 38.5 Å². The first-order valence-corrected chi connectivity index (χ1v) is 5.64. The molecule has 0 aromatic carbocycles. The third-order valence-electron chi connectivity index (χ3n) is 4.63. The molecule has 3 aliphatic rings. The Balaban J connectivity index is 1.94. The minimum absolute atomic E-state index is 0.309. The molecule has 2 nitrogen and oxygen atoms in total. The SMILES string of the molecule is NC1CCC2CC3CC(O)(C2)CC13. The van der Waals surface area contributed by atoms with Crippen molar-refractivity contribution in [1.82, 2.24) is 0 Å². The van der Waals surface area contributed by atoms with E-state index in [0.717, 1.165) is 31.1 Å².